The van der Waals surface area contributed by atoms with Crippen molar-refractivity contribution in [1.82, 2.24) is 14.8 Å². The molecule has 5 heteroatoms. The highest BCUT2D eigenvalue weighted by Crippen LogP contribution is 2.22. The maximum absolute atomic E-state index is 9.66. The fourth-order valence-electron chi connectivity index (χ4n) is 1.74. The molecule has 1 N–H and O–H groups in total. The maximum Gasteiger partial charge on any atom is 0.165 e. The molecule has 0 aliphatic rings. The summed E-state index contributed by atoms with van der Waals surface area (Å²) in [6.45, 7) is 4.89. The number of rotatable bonds is 6. The van der Waals surface area contributed by atoms with Gasteiger partial charge in [0.2, 0.25) is 0 Å². The van der Waals surface area contributed by atoms with Crippen LogP contribution >= 0.6 is 0 Å². The van der Waals surface area contributed by atoms with E-state index in [-0.39, 0.29) is 0 Å². The van der Waals surface area contributed by atoms with Crippen LogP contribution in [0.5, 0.6) is 11.5 Å². The smallest absolute Gasteiger partial charge is 0.165 e. The predicted molar refractivity (Wildman–Crippen MR) is 72.1 cm³/mol. The molecule has 2 aromatic heterocycles. The predicted octanol–water partition coefficient (Wildman–Crippen LogP) is 2.92. The first-order valence-corrected chi connectivity index (χ1v) is 6.57. The van der Waals surface area contributed by atoms with E-state index in [0.717, 1.165) is 13.0 Å². The zero-order valence-electron chi connectivity index (χ0n) is 11.3. The van der Waals surface area contributed by atoms with Crippen molar-refractivity contribution in [2.75, 3.05) is 0 Å². The lowest BCUT2D eigenvalue weighted by atomic mass is 10.2. The minimum atomic E-state index is -0.513. The molecule has 0 saturated heterocycles. The van der Waals surface area contributed by atoms with Crippen LogP contribution in [-0.2, 0) is 6.54 Å². The Balaban J connectivity index is 2.02. The van der Waals surface area contributed by atoms with Crippen molar-refractivity contribution in [2.45, 2.75) is 39.3 Å². The number of aromatic nitrogens is 3. The topological polar surface area (TPSA) is 60.2 Å². The van der Waals surface area contributed by atoms with Crippen molar-refractivity contribution < 1.29 is 9.84 Å². The number of ether oxygens (including phenoxy) is 1. The van der Waals surface area contributed by atoms with Gasteiger partial charge in [0, 0.05) is 6.54 Å². The minimum absolute atomic E-state index is 0.513. The Bertz CT molecular complexity index is 508. The zero-order chi connectivity index (χ0) is 13.7. The molecule has 0 amide bonds. The van der Waals surface area contributed by atoms with Gasteiger partial charge in [0.15, 0.2) is 5.75 Å². The van der Waals surface area contributed by atoms with E-state index in [4.69, 9.17) is 4.74 Å². The third-order valence-corrected chi connectivity index (χ3v) is 2.79. The lowest BCUT2D eigenvalue weighted by Gasteiger charge is -2.07. The van der Waals surface area contributed by atoms with E-state index in [9.17, 15) is 5.11 Å². The van der Waals surface area contributed by atoms with Crippen LogP contribution in [0.2, 0.25) is 0 Å². The van der Waals surface area contributed by atoms with Crippen molar-refractivity contribution in [3.05, 3.63) is 36.4 Å². The molecule has 1 atom stereocenters. The van der Waals surface area contributed by atoms with Crippen LogP contribution in [0.15, 0.2) is 30.7 Å². The summed E-state index contributed by atoms with van der Waals surface area (Å²) in [6, 6.07) is 3.58. The van der Waals surface area contributed by atoms with Gasteiger partial charge in [-0.15, -0.1) is 0 Å². The van der Waals surface area contributed by atoms with E-state index >= 15 is 0 Å². The first kappa shape index (κ1) is 13.5. The second kappa shape index (κ2) is 6.33. The lowest BCUT2D eigenvalue weighted by Crippen LogP contribution is -1.98. The van der Waals surface area contributed by atoms with Crippen LogP contribution in [0.3, 0.4) is 0 Å². The van der Waals surface area contributed by atoms with E-state index < -0.39 is 6.10 Å². The van der Waals surface area contributed by atoms with Gasteiger partial charge < -0.3 is 9.84 Å². The van der Waals surface area contributed by atoms with Crippen molar-refractivity contribution in [1.29, 1.82) is 0 Å². The van der Waals surface area contributed by atoms with Gasteiger partial charge in [0.05, 0.1) is 30.4 Å². The molecule has 2 rings (SSSR count). The molecule has 19 heavy (non-hydrogen) atoms. The van der Waals surface area contributed by atoms with Gasteiger partial charge in [0.1, 0.15) is 5.75 Å². The average molecular weight is 261 g/mol. The highest BCUT2D eigenvalue weighted by Gasteiger charge is 2.07. The summed E-state index contributed by atoms with van der Waals surface area (Å²) in [4.78, 5) is 4.19. The number of aliphatic hydroxyl groups excluding tert-OH is 1. The number of pyridine rings is 1. The van der Waals surface area contributed by atoms with Crippen LogP contribution < -0.4 is 4.74 Å². The van der Waals surface area contributed by atoms with Crippen LogP contribution in [0.4, 0.5) is 0 Å². The van der Waals surface area contributed by atoms with Gasteiger partial charge in [-0.25, -0.2) is 0 Å². The minimum Gasteiger partial charge on any atom is -0.452 e. The molecule has 2 heterocycles. The molecule has 0 aromatic carbocycles. The second-order valence-electron chi connectivity index (χ2n) is 4.38. The SMILES string of the molecule is CCCn1cc(Oc2ccc(C(O)CC)nc2)cn1. The quantitative estimate of drug-likeness (QED) is 0.868. The van der Waals surface area contributed by atoms with Gasteiger partial charge in [0.25, 0.3) is 0 Å². The van der Waals surface area contributed by atoms with Crippen molar-refractivity contribution in [3.63, 3.8) is 0 Å². The lowest BCUT2D eigenvalue weighted by molar-refractivity contribution is 0.169. The molecular weight excluding hydrogens is 242 g/mol. The van der Waals surface area contributed by atoms with Crippen molar-refractivity contribution in [2.24, 2.45) is 0 Å². The van der Waals surface area contributed by atoms with Crippen LogP contribution in [0.25, 0.3) is 0 Å². The van der Waals surface area contributed by atoms with Crippen molar-refractivity contribution in [3.8, 4) is 11.5 Å². The Labute approximate surface area is 112 Å². The average Bonchev–Trinajstić information content (AvgIpc) is 2.86. The molecule has 102 valence electrons. The van der Waals surface area contributed by atoms with Gasteiger partial charge >= 0.3 is 0 Å². The summed E-state index contributed by atoms with van der Waals surface area (Å²) in [5.74, 6) is 1.34. The number of nitrogens with zero attached hydrogens (tertiary/aromatic N) is 3. The van der Waals surface area contributed by atoms with Crippen LogP contribution in [0.1, 0.15) is 38.5 Å². The third kappa shape index (κ3) is 3.54. The van der Waals surface area contributed by atoms with Crippen molar-refractivity contribution >= 4 is 0 Å². The monoisotopic (exact) mass is 261 g/mol. The molecule has 5 nitrogen and oxygen atoms in total. The molecule has 0 aliphatic carbocycles. The molecule has 0 aliphatic heterocycles. The summed E-state index contributed by atoms with van der Waals surface area (Å²) in [5, 5.41) is 13.8. The Morgan fingerprint density at radius 2 is 2.11 bits per heavy atom. The van der Waals surface area contributed by atoms with E-state index in [1.807, 2.05) is 17.8 Å². The summed E-state index contributed by atoms with van der Waals surface area (Å²) >= 11 is 0. The molecule has 1 unspecified atom stereocenters. The maximum atomic E-state index is 9.66. The summed E-state index contributed by atoms with van der Waals surface area (Å²) in [5.41, 5.74) is 0.663. The molecule has 0 spiro atoms. The first-order valence-electron chi connectivity index (χ1n) is 6.57. The number of aryl methyl sites for hydroxylation is 1. The van der Waals surface area contributed by atoms with Gasteiger partial charge in [-0.3, -0.25) is 9.67 Å². The first-order chi connectivity index (χ1) is 9.22. The largest absolute Gasteiger partial charge is 0.452 e. The van der Waals surface area contributed by atoms with Gasteiger partial charge in [-0.2, -0.15) is 5.10 Å². The fraction of sp³-hybridized carbons (Fsp3) is 0.429. The highest BCUT2D eigenvalue weighted by atomic mass is 16.5. The van der Waals surface area contributed by atoms with Crippen LogP contribution in [-0.4, -0.2) is 19.9 Å². The summed E-state index contributed by atoms with van der Waals surface area (Å²) in [7, 11) is 0. The molecule has 0 fully saturated rings. The normalized spacial score (nSPS) is 12.4. The molecular formula is C14H19N3O2. The summed E-state index contributed by atoms with van der Waals surface area (Å²) < 4.78 is 7.49. The number of hydrogen-bond acceptors (Lipinski definition) is 4. The Hall–Kier alpha value is -1.88. The second-order valence-corrected chi connectivity index (χ2v) is 4.38. The number of aliphatic hydroxyl groups is 1. The van der Waals surface area contributed by atoms with E-state index in [1.54, 1.807) is 24.5 Å². The molecule has 2 aromatic rings. The third-order valence-electron chi connectivity index (χ3n) is 2.79. The van der Waals surface area contributed by atoms with Gasteiger partial charge in [-0.05, 0) is 25.0 Å². The molecule has 0 radical (unpaired) electrons. The highest BCUT2D eigenvalue weighted by molar-refractivity contribution is 5.27. The Kier molecular flexibility index (Phi) is 4.52. The van der Waals surface area contributed by atoms with E-state index in [1.165, 1.54) is 0 Å². The fourth-order valence-corrected chi connectivity index (χ4v) is 1.74. The standard InChI is InChI=1S/C14H19N3O2/c1-3-7-17-10-12(9-16-17)19-11-5-6-13(15-8-11)14(18)4-2/h5-6,8-10,14,18H,3-4,7H2,1-2H3. The number of hydrogen-bond donors (Lipinski definition) is 1. The van der Waals surface area contributed by atoms with E-state index in [2.05, 4.69) is 17.0 Å². The zero-order valence-corrected chi connectivity index (χ0v) is 11.3. The molecule has 0 bridgehead atoms. The Morgan fingerprint density at radius 3 is 2.74 bits per heavy atom. The van der Waals surface area contributed by atoms with Crippen LogP contribution in [0, 0.1) is 0 Å². The van der Waals surface area contributed by atoms with E-state index in [0.29, 0.717) is 23.6 Å². The van der Waals surface area contributed by atoms with Gasteiger partial charge in [-0.1, -0.05) is 13.8 Å². The molecule has 0 saturated carbocycles. The summed E-state index contributed by atoms with van der Waals surface area (Å²) in [6.07, 6.45) is 6.33. The Morgan fingerprint density at radius 1 is 1.26 bits per heavy atom.